The van der Waals surface area contributed by atoms with E-state index in [1.807, 2.05) is 6.20 Å². The van der Waals surface area contributed by atoms with Gasteiger partial charge in [0.25, 0.3) is 0 Å². The average molecular weight is 327 g/mol. The summed E-state index contributed by atoms with van der Waals surface area (Å²) in [6.45, 7) is 1.07. The van der Waals surface area contributed by atoms with Crippen molar-refractivity contribution < 1.29 is 4.57 Å². The summed E-state index contributed by atoms with van der Waals surface area (Å²) in [6, 6.07) is 23.7. The highest BCUT2D eigenvalue weighted by atomic mass is 14.9. The van der Waals surface area contributed by atoms with Crippen LogP contribution in [0.5, 0.6) is 0 Å². The van der Waals surface area contributed by atoms with E-state index >= 15 is 0 Å². The Hall–Kier alpha value is -2.87. The van der Waals surface area contributed by atoms with Crippen molar-refractivity contribution >= 4 is 10.9 Å². The molecule has 4 aromatic rings. The van der Waals surface area contributed by atoms with Crippen LogP contribution in [0.25, 0.3) is 22.0 Å². The SMILES string of the molecule is c1ccc(-c2cc[n+](CCCCc3cccc4[nH]ccc34)cc2)cc1. The molecule has 25 heavy (non-hydrogen) atoms. The summed E-state index contributed by atoms with van der Waals surface area (Å²) in [6.07, 6.45) is 9.94. The highest BCUT2D eigenvalue weighted by Gasteiger charge is 2.05. The van der Waals surface area contributed by atoms with Crippen LogP contribution in [-0.2, 0) is 13.0 Å². The van der Waals surface area contributed by atoms with Crippen molar-refractivity contribution in [2.75, 3.05) is 0 Å². The van der Waals surface area contributed by atoms with E-state index in [4.69, 9.17) is 0 Å². The first-order valence-electron chi connectivity index (χ1n) is 9.00. The van der Waals surface area contributed by atoms with Crippen LogP contribution in [0.2, 0.25) is 0 Å². The zero-order valence-electron chi connectivity index (χ0n) is 14.4. The molecule has 0 fully saturated rings. The number of fused-ring (bicyclic) bond motifs is 1. The first-order valence-corrected chi connectivity index (χ1v) is 9.00. The molecule has 0 unspecified atom stereocenters. The number of hydrogen-bond acceptors (Lipinski definition) is 0. The third-order valence-corrected chi connectivity index (χ3v) is 4.80. The molecule has 0 aliphatic carbocycles. The van der Waals surface area contributed by atoms with Gasteiger partial charge in [0.1, 0.15) is 6.54 Å². The van der Waals surface area contributed by atoms with Gasteiger partial charge in [0.05, 0.1) is 0 Å². The van der Waals surface area contributed by atoms with E-state index in [1.54, 1.807) is 0 Å². The van der Waals surface area contributed by atoms with Gasteiger partial charge in [-0.05, 0) is 41.7 Å². The maximum absolute atomic E-state index is 3.29. The Morgan fingerprint density at radius 3 is 2.36 bits per heavy atom. The quantitative estimate of drug-likeness (QED) is 0.373. The summed E-state index contributed by atoms with van der Waals surface area (Å²) in [5.41, 5.74) is 5.23. The van der Waals surface area contributed by atoms with Gasteiger partial charge in [0.15, 0.2) is 12.4 Å². The third kappa shape index (κ3) is 3.63. The molecular weight excluding hydrogens is 304 g/mol. The molecule has 0 bridgehead atoms. The third-order valence-electron chi connectivity index (χ3n) is 4.80. The van der Waals surface area contributed by atoms with Gasteiger partial charge in [-0.2, -0.15) is 0 Å². The van der Waals surface area contributed by atoms with Crippen molar-refractivity contribution in [2.45, 2.75) is 25.8 Å². The smallest absolute Gasteiger partial charge is 0.169 e. The van der Waals surface area contributed by atoms with E-state index in [1.165, 1.54) is 40.4 Å². The minimum atomic E-state index is 1.07. The first-order chi connectivity index (χ1) is 12.4. The van der Waals surface area contributed by atoms with Crippen LogP contribution in [-0.4, -0.2) is 4.98 Å². The molecule has 0 saturated carbocycles. The van der Waals surface area contributed by atoms with Gasteiger partial charge in [0, 0.05) is 35.7 Å². The molecule has 2 aromatic carbocycles. The molecule has 0 aliphatic rings. The number of benzene rings is 2. The Morgan fingerprint density at radius 2 is 1.52 bits per heavy atom. The second kappa shape index (κ2) is 7.35. The summed E-state index contributed by atoms with van der Waals surface area (Å²) in [4.78, 5) is 3.29. The Morgan fingerprint density at radius 1 is 0.720 bits per heavy atom. The van der Waals surface area contributed by atoms with E-state index in [0.717, 1.165) is 13.0 Å². The van der Waals surface area contributed by atoms with Gasteiger partial charge < -0.3 is 4.98 Å². The second-order valence-corrected chi connectivity index (χ2v) is 6.50. The van der Waals surface area contributed by atoms with Crippen molar-refractivity contribution in [3.8, 4) is 11.1 Å². The molecule has 1 N–H and O–H groups in total. The van der Waals surface area contributed by atoms with Gasteiger partial charge in [-0.25, -0.2) is 4.57 Å². The van der Waals surface area contributed by atoms with Crippen molar-refractivity contribution in [3.05, 3.63) is 90.9 Å². The minimum Gasteiger partial charge on any atom is -0.361 e. The lowest BCUT2D eigenvalue weighted by atomic mass is 10.0. The Balaban J connectivity index is 1.32. The van der Waals surface area contributed by atoms with Gasteiger partial charge in [0.2, 0.25) is 0 Å². The fourth-order valence-electron chi connectivity index (χ4n) is 3.41. The molecule has 0 atom stereocenters. The van der Waals surface area contributed by atoms with E-state index in [0.29, 0.717) is 0 Å². The van der Waals surface area contributed by atoms with Gasteiger partial charge >= 0.3 is 0 Å². The summed E-state index contributed by atoms with van der Waals surface area (Å²) >= 11 is 0. The topological polar surface area (TPSA) is 19.7 Å². The van der Waals surface area contributed by atoms with Crippen molar-refractivity contribution in [1.82, 2.24) is 4.98 Å². The Labute approximate surface area is 148 Å². The second-order valence-electron chi connectivity index (χ2n) is 6.50. The number of nitrogens with one attached hydrogen (secondary N) is 1. The minimum absolute atomic E-state index is 1.07. The zero-order chi connectivity index (χ0) is 16.9. The number of nitrogens with zero attached hydrogens (tertiary/aromatic N) is 1. The van der Waals surface area contributed by atoms with Crippen molar-refractivity contribution in [2.24, 2.45) is 0 Å². The van der Waals surface area contributed by atoms with Crippen LogP contribution in [0.1, 0.15) is 18.4 Å². The lowest BCUT2D eigenvalue weighted by Crippen LogP contribution is -2.32. The van der Waals surface area contributed by atoms with E-state index in [-0.39, 0.29) is 0 Å². The summed E-state index contributed by atoms with van der Waals surface area (Å²) in [7, 11) is 0. The number of hydrogen-bond donors (Lipinski definition) is 1. The van der Waals surface area contributed by atoms with Crippen LogP contribution >= 0.6 is 0 Å². The molecule has 2 aromatic heterocycles. The number of pyridine rings is 1. The zero-order valence-corrected chi connectivity index (χ0v) is 14.4. The fourth-order valence-corrected chi connectivity index (χ4v) is 3.41. The maximum atomic E-state index is 3.29. The van der Waals surface area contributed by atoms with Crippen LogP contribution in [0.3, 0.4) is 0 Å². The molecule has 0 radical (unpaired) electrons. The molecule has 2 heterocycles. The maximum Gasteiger partial charge on any atom is 0.169 e. The van der Waals surface area contributed by atoms with Gasteiger partial charge in [-0.1, -0.05) is 42.5 Å². The lowest BCUT2D eigenvalue weighted by molar-refractivity contribution is -0.697. The number of aromatic nitrogens is 2. The first kappa shape index (κ1) is 15.6. The predicted molar refractivity (Wildman–Crippen MR) is 103 cm³/mol. The Kier molecular flexibility index (Phi) is 4.60. The molecule has 0 aliphatic heterocycles. The molecule has 4 rings (SSSR count). The highest BCUT2D eigenvalue weighted by Crippen LogP contribution is 2.19. The van der Waals surface area contributed by atoms with Crippen LogP contribution in [0, 0.1) is 0 Å². The van der Waals surface area contributed by atoms with Crippen LogP contribution in [0.15, 0.2) is 85.3 Å². The normalized spacial score (nSPS) is 11.0. The lowest BCUT2D eigenvalue weighted by Gasteiger charge is -2.03. The number of aryl methyl sites for hydroxylation is 2. The molecule has 0 amide bonds. The Bertz CT molecular complexity index is 937. The standard InChI is InChI=1S/C23H23N2/c1-2-7-19(8-3-1)20-13-17-25(18-14-20)16-5-4-9-21-10-6-11-23-22(21)12-15-24-23/h1-3,6-8,10-15,17-18,24H,4-5,9,16H2/q+1. The summed E-state index contributed by atoms with van der Waals surface area (Å²) in [5, 5.41) is 1.36. The number of rotatable bonds is 6. The van der Waals surface area contributed by atoms with Crippen molar-refractivity contribution in [1.29, 1.82) is 0 Å². The van der Waals surface area contributed by atoms with Gasteiger partial charge in [-0.3, -0.25) is 0 Å². The number of aromatic amines is 1. The monoisotopic (exact) mass is 327 g/mol. The summed E-state index contributed by atoms with van der Waals surface area (Å²) < 4.78 is 2.28. The number of unbranched alkanes of at least 4 members (excludes halogenated alkanes) is 1. The van der Waals surface area contributed by atoms with Crippen molar-refractivity contribution in [3.63, 3.8) is 0 Å². The fraction of sp³-hybridized carbons (Fsp3) is 0.174. The highest BCUT2D eigenvalue weighted by molar-refractivity contribution is 5.82. The molecule has 0 spiro atoms. The predicted octanol–water partition coefficient (Wildman–Crippen LogP) is 5.15. The van der Waals surface area contributed by atoms with E-state index in [9.17, 15) is 0 Å². The molecule has 2 nitrogen and oxygen atoms in total. The largest absolute Gasteiger partial charge is 0.361 e. The summed E-state index contributed by atoms with van der Waals surface area (Å²) in [5.74, 6) is 0. The molecular formula is C23H23N2+. The average Bonchev–Trinajstić information content (AvgIpc) is 3.16. The van der Waals surface area contributed by atoms with Crippen LogP contribution in [0.4, 0.5) is 0 Å². The van der Waals surface area contributed by atoms with Gasteiger partial charge in [-0.15, -0.1) is 0 Å². The molecule has 0 saturated heterocycles. The molecule has 2 heteroatoms. The van der Waals surface area contributed by atoms with Crippen LogP contribution < -0.4 is 4.57 Å². The van der Waals surface area contributed by atoms with E-state index in [2.05, 4.69) is 88.7 Å². The van der Waals surface area contributed by atoms with E-state index < -0.39 is 0 Å². The molecule has 124 valence electrons. The number of H-pyrrole nitrogens is 1.